The van der Waals surface area contributed by atoms with E-state index in [1.807, 2.05) is 61.5 Å². The number of furan rings is 1. The van der Waals surface area contributed by atoms with E-state index in [0.717, 1.165) is 22.2 Å². The minimum atomic E-state index is -0.393. The van der Waals surface area contributed by atoms with Gasteiger partial charge in [0.1, 0.15) is 11.3 Å². The molecule has 0 spiro atoms. The van der Waals surface area contributed by atoms with Gasteiger partial charge in [-0.25, -0.2) is 0 Å². The molecule has 0 radical (unpaired) electrons. The van der Waals surface area contributed by atoms with Crippen LogP contribution < -0.4 is 10.2 Å². The first-order valence-electron chi connectivity index (χ1n) is 10.2. The number of carbonyl (C=O) groups is 2. The first-order valence-corrected chi connectivity index (χ1v) is 10.2. The Hall–Kier alpha value is -3.87. The highest BCUT2D eigenvalue weighted by Crippen LogP contribution is 2.28. The summed E-state index contributed by atoms with van der Waals surface area (Å²) in [5.41, 5.74) is 3.30. The number of nitrogens with one attached hydrogen (secondary N) is 1. The zero-order valence-electron chi connectivity index (χ0n) is 17.0. The molecular formula is C24H21N3O4. The molecule has 1 fully saturated rings. The maximum absolute atomic E-state index is 12.6. The van der Waals surface area contributed by atoms with Gasteiger partial charge in [-0.2, -0.15) is 0 Å². The molecule has 1 atom stereocenters. The lowest BCUT2D eigenvalue weighted by Crippen LogP contribution is -2.32. The molecule has 1 saturated heterocycles. The van der Waals surface area contributed by atoms with Gasteiger partial charge in [0.05, 0.1) is 12.5 Å². The molecular weight excluding hydrogens is 394 g/mol. The molecule has 2 aromatic carbocycles. The number of para-hydroxylation sites is 1. The summed E-state index contributed by atoms with van der Waals surface area (Å²) in [6.45, 7) is 2.59. The second-order valence-corrected chi connectivity index (χ2v) is 7.79. The van der Waals surface area contributed by atoms with Gasteiger partial charge in [0.2, 0.25) is 17.6 Å². The summed E-state index contributed by atoms with van der Waals surface area (Å²) in [6, 6.07) is 19.1. The van der Waals surface area contributed by atoms with Crippen LogP contribution in [0.25, 0.3) is 22.5 Å². The maximum atomic E-state index is 12.6. The minimum Gasteiger partial charge on any atom is -0.453 e. The van der Waals surface area contributed by atoms with E-state index in [9.17, 15) is 9.59 Å². The summed E-state index contributed by atoms with van der Waals surface area (Å²) >= 11 is 0. The molecule has 7 nitrogen and oxygen atoms in total. The number of aryl methyl sites for hydroxylation is 1. The minimum absolute atomic E-state index is 0.0439. The molecule has 7 heteroatoms. The normalized spacial score (nSPS) is 16.2. The van der Waals surface area contributed by atoms with Crippen molar-refractivity contribution in [1.29, 1.82) is 0 Å². The van der Waals surface area contributed by atoms with Crippen LogP contribution in [-0.4, -0.2) is 23.5 Å². The van der Waals surface area contributed by atoms with Crippen LogP contribution in [0, 0.1) is 12.8 Å². The Kier molecular flexibility index (Phi) is 4.78. The van der Waals surface area contributed by atoms with Crippen LogP contribution in [0.4, 0.5) is 5.69 Å². The van der Waals surface area contributed by atoms with Gasteiger partial charge >= 0.3 is 0 Å². The van der Waals surface area contributed by atoms with Gasteiger partial charge in [0.25, 0.3) is 0 Å². The lowest BCUT2D eigenvalue weighted by atomic mass is 10.1. The molecule has 1 aliphatic heterocycles. The fraction of sp³-hybridized carbons (Fsp3) is 0.208. The Morgan fingerprint density at radius 2 is 1.94 bits per heavy atom. The zero-order chi connectivity index (χ0) is 21.4. The number of aromatic nitrogens is 1. The Bertz CT molecular complexity index is 1220. The highest BCUT2D eigenvalue weighted by molar-refractivity contribution is 6.00. The molecule has 156 valence electrons. The monoisotopic (exact) mass is 415 g/mol. The smallest absolute Gasteiger partial charge is 0.227 e. The Morgan fingerprint density at radius 1 is 1.13 bits per heavy atom. The number of hydrogen-bond donors (Lipinski definition) is 1. The molecule has 2 aromatic heterocycles. The molecule has 0 saturated carbocycles. The van der Waals surface area contributed by atoms with E-state index < -0.39 is 5.92 Å². The first-order chi connectivity index (χ1) is 15.1. The van der Waals surface area contributed by atoms with Crippen LogP contribution in [0.2, 0.25) is 0 Å². The van der Waals surface area contributed by atoms with Crippen LogP contribution >= 0.6 is 0 Å². The molecule has 2 amide bonds. The van der Waals surface area contributed by atoms with Gasteiger partial charge < -0.3 is 19.2 Å². The lowest BCUT2D eigenvalue weighted by molar-refractivity contribution is -0.126. The predicted octanol–water partition coefficient (Wildman–Crippen LogP) is 4.07. The number of hydrogen-bond acceptors (Lipinski definition) is 5. The van der Waals surface area contributed by atoms with Crippen LogP contribution in [0.15, 0.2) is 69.6 Å². The zero-order valence-corrected chi connectivity index (χ0v) is 17.0. The number of carbonyl (C=O) groups excluding carboxylic acids is 2. The topological polar surface area (TPSA) is 88.6 Å². The summed E-state index contributed by atoms with van der Waals surface area (Å²) < 4.78 is 11.2. The van der Waals surface area contributed by atoms with Crippen molar-refractivity contribution in [3.8, 4) is 11.5 Å². The third-order valence-corrected chi connectivity index (χ3v) is 5.51. The van der Waals surface area contributed by atoms with Crippen molar-refractivity contribution in [3.05, 3.63) is 71.9 Å². The van der Waals surface area contributed by atoms with Gasteiger partial charge in [-0.05, 0) is 31.2 Å². The molecule has 3 heterocycles. The van der Waals surface area contributed by atoms with Crippen LogP contribution in [-0.2, 0) is 16.1 Å². The van der Waals surface area contributed by atoms with Crippen molar-refractivity contribution >= 4 is 28.5 Å². The average molecular weight is 415 g/mol. The molecule has 0 aliphatic carbocycles. The maximum Gasteiger partial charge on any atom is 0.227 e. The number of nitrogens with zero attached hydrogens (tertiary/aromatic N) is 2. The van der Waals surface area contributed by atoms with Crippen molar-refractivity contribution in [2.24, 2.45) is 5.92 Å². The summed E-state index contributed by atoms with van der Waals surface area (Å²) in [6.07, 6.45) is 0.197. The van der Waals surface area contributed by atoms with Crippen molar-refractivity contribution in [2.45, 2.75) is 19.9 Å². The Balaban J connectivity index is 1.21. The van der Waals surface area contributed by atoms with Gasteiger partial charge in [-0.1, -0.05) is 41.1 Å². The molecule has 5 rings (SSSR count). The second-order valence-electron chi connectivity index (χ2n) is 7.79. The largest absolute Gasteiger partial charge is 0.453 e. The average Bonchev–Trinajstić information content (AvgIpc) is 3.50. The lowest BCUT2D eigenvalue weighted by Gasteiger charge is -2.16. The Labute approximate surface area is 178 Å². The number of fused-ring (bicyclic) bond motifs is 1. The first kappa shape index (κ1) is 19.1. The molecule has 31 heavy (non-hydrogen) atoms. The third-order valence-electron chi connectivity index (χ3n) is 5.51. The highest BCUT2D eigenvalue weighted by Gasteiger charge is 2.35. The van der Waals surface area contributed by atoms with Gasteiger partial charge in [-0.3, -0.25) is 9.59 Å². The molecule has 1 N–H and O–H groups in total. The highest BCUT2D eigenvalue weighted by atomic mass is 16.5. The Morgan fingerprint density at radius 3 is 2.74 bits per heavy atom. The van der Waals surface area contributed by atoms with E-state index in [2.05, 4.69) is 10.5 Å². The van der Waals surface area contributed by atoms with Gasteiger partial charge in [-0.15, -0.1) is 0 Å². The van der Waals surface area contributed by atoms with Crippen molar-refractivity contribution < 1.29 is 18.5 Å². The number of benzene rings is 2. The quantitative estimate of drug-likeness (QED) is 0.531. The van der Waals surface area contributed by atoms with E-state index in [4.69, 9.17) is 8.94 Å². The van der Waals surface area contributed by atoms with Crippen molar-refractivity contribution in [1.82, 2.24) is 10.5 Å². The number of amides is 2. The summed E-state index contributed by atoms with van der Waals surface area (Å²) in [7, 11) is 0. The summed E-state index contributed by atoms with van der Waals surface area (Å²) in [5.74, 6) is 0.479. The fourth-order valence-corrected chi connectivity index (χ4v) is 3.79. The fourth-order valence-electron chi connectivity index (χ4n) is 3.79. The number of anilines is 1. The third kappa shape index (κ3) is 3.82. The SMILES string of the molecule is Cc1ccc(N2CC(C(=O)NCc3cc(-c4cc5ccccc5o4)on3)CC2=O)cc1. The molecule has 4 aromatic rings. The van der Waals surface area contributed by atoms with Gasteiger partial charge in [0.15, 0.2) is 5.76 Å². The van der Waals surface area contributed by atoms with Crippen LogP contribution in [0.5, 0.6) is 0 Å². The molecule has 1 aliphatic rings. The number of rotatable bonds is 5. The molecule has 1 unspecified atom stereocenters. The van der Waals surface area contributed by atoms with Crippen LogP contribution in [0.1, 0.15) is 17.7 Å². The standard InChI is InChI=1S/C24H21N3O4/c1-15-6-8-19(9-7-15)27-14-17(11-23(27)28)24(29)25-13-18-12-22(31-26-18)21-10-16-4-2-3-5-20(16)30-21/h2-10,12,17H,11,13-14H2,1H3,(H,25,29). The summed E-state index contributed by atoms with van der Waals surface area (Å²) in [4.78, 5) is 26.7. The second kappa shape index (κ2) is 7.75. The van der Waals surface area contributed by atoms with E-state index in [0.29, 0.717) is 23.8 Å². The van der Waals surface area contributed by atoms with E-state index in [-0.39, 0.29) is 24.8 Å². The van der Waals surface area contributed by atoms with Crippen molar-refractivity contribution in [2.75, 3.05) is 11.4 Å². The van der Waals surface area contributed by atoms with E-state index in [1.54, 1.807) is 11.0 Å². The van der Waals surface area contributed by atoms with E-state index >= 15 is 0 Å². The van der Waals surface area contributed by atoms with Gasteiger partial charge in [0, 0.05) is 30.1 Å². The van der Waals surface area contributed by atoms with Crippen LogP contribution in [0.3, 0.4) is 0 Å². The molecule has 0 bridgehead atoms. The predicted molar refractivity (Wildman–Crippen MR) is 115 cm³/mol. The van der Waals surface area contributed by atoms with Crippen molar-refractivity contribution in [3.63, 3.8) is 0 Å². The summed E-state index contributed by atoms with van der Waals surface area (Å²) in [5, 5.41) is 7.86. The van der Waals surface area contributed by atoms with E-state index in [1.165, 1.54) is 0 Å².